The van der Waals surface area contributed by atoms with Gasteiger partial charge in [-0.05, 0) is 30.3 Å². The van der Waals surface area contributed by atoms with E-state index in [-0.39, 0.29) is 26.2 Å². The molecular weight excluding hydrogens is 319 g/mol. The summed E-state index contributed by atoms with van der Waals surface area (Å²) in [6.07, 6.45) is 0. The second-order valence-corrected chi connectivity index (χ2v) is 6.31. The largest absolute Gasteiger partial charge is 0.278 e. The van der Waals surface area contributed by atoms with Crippen molar-refractivity contribution in [2.75, 3.05) is 4.72 Å². The van der Waals surface area contributed by atoms with Crippen LogP contribution in [0.5, 0.6) is 0 Å². The maximum Gasteiger partial charge on any atom is 0.263 e. The van der Waals surface area contributed by atoms with Gasteiger partial charge in [-0.3, -0.25) is 4.72 Å². The zero-order chi connectivity index (χ0) is 14.8. The third kappa shape index (κ3) is 3.05. The Morgan fingerprint density at radius 2 is 1.75 bits per heavy atom. The van der Waals surface area contributed by atoms with Gasteiger partial charge in [0.25, 0.3) is 10.0 Å². The highest BCUT2D eigenvalue weighted by atomic mass is 35.5. The molecule has 0 atom stereocenters. The van der Waals surface area contributed by atoms with Gasteiger partial charge >= 0.3 is 0 Å². The summed E-state index contributed by atoms with van der Waals surface area (Å²) >= 11 is 11.8. The first-order valence-electron chi connectivity index (χ1n) is 5.41. The van der Waals surface area contributed by atoms with Crippen LogP contribution in [0, 0.1) is 11.3 Å². The molecule has 0 amide bonds. The number of nitriles is 1. The number of nitrogens with zero attached hydrogens (tertiary/aromatic N) is 1. The summed E-state index contributed by atoms with van der Waals surface area (Å²) in [4.78, 5) is -0.113. The monoisotopic (exact) mass is 326 g/mol. The maximum atomic E-state index is 12.2. The average Bonchev–Trinajstić information content (AvgIpc) is 2.40. The summed E-state index contributed by atoms with van der Waals surface area (Å²) in [5.74, 6) is 0. The van der Waals surface area contributed by atoms with E-state index in [1.165, 1.54) is 24.3 Å². The summed E-state index contributed by atoms with van der Waals surface area (Å²) < 4.78 is 26.8. The first-order chi connectivity index (χ1) is 9.44. The second kappa shape index (κ2) is 5.71. The molecule has 2 rings (SSSR count). The standard InChI is InChI=1S/C13H8Cl2N2O2S/c14-10-3-1-2-4-12(10)17-20(18,19)13-6-5-9(8-16)7-11(13)15/h1-7,17H. The fourth-order valence-electron chi connectivity index (χ4n) is 1.53. The lowest BCUT2D eigenvalue weighted by Gasteiger charge is -2.10. The van der Waals surface area contributed by atoms with Crippen molar-refractivity contribution < 1.29 is 8.42 Å². The highest BCUT2D eigenvalue weighted by molar-refractivity contribution is 7.92. The van der Waals surface area contributed by atoms with Gasteiger partial charge in [-0.25, -0.2) is 8.42 Å². The number of hydrogen-bond donors (Lipinski definition) is 1. The van der Waals surface area contributed by atoms with E-state index in [4.69, 9.17) is 28.5 Å². The Labute approximate surface area is 126 Å². The summed E-state index contributed by atoms with van der Waals surface area (Å²) in [5.41, 5.74) is 0.543. The first kappa shape index (κ1) is 14.7. The number of nitrogens with one attached hydrogen (secondary N) is 1. The van der Waals surface area contributed by atoms with Crippen molar-refractivity contribution in [1.82, 2.24) is 0 Å². The molecule has 0 fully saturated rings. The topological polar surface area (TPSA) is 70.0 Å². The molecule has 0 spiro atoms. The molecule has 0 aromatic heterocycles. The minimum absolute atomic E-state index is 0.0244. The summed E-state index contributed by atoms with van der Waals surface area (Å²) in [6.45, 7) is 0. The Bertz CT molecular complexity index is 798. The van der Waals surface area contributed by atoms with E-state index in [0.717, 1.165) is 0 Å². The predicted octanol–water partition coefficient (Wildman–Crippen LogP) is 3.67. The van der Waals surface area contributed by atoms with E-state index >= 15 is 0 Å². The number of halogens is 2. The third-order valence-electron chi connectivity index (χ3n) is 2.47. The smallest absolute Gasteiger partial charge is 0.263 e. The van der Waals surface area contributed by atoms with Crippen LogP contribution in [0.25, 0.3) is 0 Å². The van der Waals surface area contributed by atoms with Crippen molar-refractivity contribution in [3.63, 3.8) is 0 Å². The maximum absolute atomic E-state index is 12.2. The van der Waals surface area contributed by atoms with E-state index < -0.39 is 10.0 Å². The van der Waals surface area contributed by atoms with Crippen LogP contribution >= 0.6 is 23.2 Å². The molecule has 0 aliphatic heterocycles. The first-order valence-corrected chi connectivity index (χ1v) is 7.65. The minimum atomic E-state index is -3.87. The van der Waals surface area contributed by atoms with Gasteiger partial charge in [0.2, 0.25) is 0 Å². The van der Waals surface area contributed by atoms with Crippen LogP contribution in [0.2, 0.25) is 10.0 Å². The number of hydrogen-bond acceptors (Lipinski definition) is 3. The number of sulfonamides is 1. The van der Waals surface area contributed by atoms with Gasteiger partial charge in [0.1, 0.15) is 4.90 Å². The summed E-state index contributed by atoms with van der Waals surface area (Å²) in [5, 5.41) is 8.99. The van der Waals surface area contributed by atoms with Gasteiger partial charge in [-0.15, -0.1) is 0 Å². The van der Waals surface area contributed by atoms with E-state index in [2.05, 4.69) is 4.72 Å². The summed E-state index contributed by atoms with van der Waals surface area (Å²) in [7, 11) is -3.87. The lowest BCUT2D eigenvalue weighted by atomic mass is 10.2. The molecule has 20 heavy (non-hydrogen) atoms. The molecule has 7 heteroatoms. The molecule has 0 unspecified atom stereocenters. The Balaban J connectivity index is 2.42. The molecular formula is C13H8Cl2N2O2S. The van der Waals surface area contributed by atoms with Crippen LogP contribution in [0.1, 0.15) is 5.56 Å². The number of rotatable bonds is 3. The van der Waals surface area contributed by atoms with Crippen LogP contribution in [-0.4, -0.2) is 8.42 Å². The minimum Gasteiger partial charge on any atom is -0.278 e. The lowest BCUT2D eigenvalue weighted by molar-refractivity contribution is 0.601. The van der Waals surface area contributed by atoms with Crippen LogP contribution in [-0.2, 0) is 10.0 Å². The van der Waals surface area contributed by atoms with Crippen molar-refractivity contribution in [2.24, 2.45) is 0 Å². The van der Waals surface area contributed by atoms with Crippen molar-refractivity contribution in [3.8, 4) is 6.07 Å². The molecule has 0 saturated carbocycles. The van der Waals surface area contributed by atoms with Gasteiger partial charge in [-0.2, -0.15) is 5.26 Å². The van der Waals surface area contributed by atoms with E-state index in [1.54, 1.807) is 18.2 Å². The Hall–Kier alpha value is -1.74. The predicted molar refractivity (Wildman–Crippen MR) is 78.4 cm³/mol. The van der Waals surface area contributed by atoms with Crippen LogP contribution < -0.4 is 4.72 Å². The molecule has 2 aromatic rings. The summed E-state index contributed by atoms with van der Waals surface area (Å²) in [6, 6.07) is 12.3. The van der Waals surface area contributed by atoms with Crippen LogP contribution in [0.3, 0.4) is 0 Å². The van der Waals surface area contributed by atoms with Crippen molar-refractivity contribution in [2.45, 2.75) is 4.90 Å². The molecule has 2 aromatic carbocycles. The highest BCUT2D eigenvalue weighted by Gasteiger charge is 2.19. The number of anilines is 1. The normalized spacial score (nSPS) is 10.8. The van der Waals surface area contributed by atoms with Crippen LogP contribution in [0.15, 0.2) is 47.4 Å². The lowest BCUT2D eigenvalue weighted by Crippen LogP contribution is -2.13. The zero-order valence-electron chi connectivity index (χ0n) is 9.97. The van der Waals surface area contributed by atoms with Crippen molar-refractivity contribution >= 4 is 38.9 Å². The van der Waals surface area contributed by atoms with Gasteiger partial charge in [0.15, 0.2) is 0 Å². The molecule has 1 N–H and O–H groups in total. The quantitative estimate of drug-likeness (QED) is 0.935. The van der Waals surface area contributed by atoms with Crippen LogP contribution in [0.4, 0.5) is 5.69 Å². The Morgan fingerprint density at radius 1 is 1.05 bits per heavy atom. The number of benzene rings is 2. The van der Waals surface area contributed by atoms with Gasteiger partial charge in [-0.1, -0.05) is 35.3 Å². The number of para-hydroxylation sites is 1. The van der Waals surface area contributed by atoms with E-state index in [0.29, 0.717) is 0 Å². The molecule has 4 nitrogen and oxygen atoms in total. The van der Waals surface area contributed by atoms with Crippen molar-refractivity contribution in [3.05, 3.63) is 58.1 Å². The van der Waals surface area contributed by atoms with Gasteiger partial charge in [0.05, 0.1) is 27.4 Å². The highest BCUT2D eigenvalue weighted by Crippen LogP contribution is 2.27. The third-order valence-corrected chi connectivity index (χ3v) is 4.65. The Kier molecular flexibility index (Phi) is 4.19. The van der Waals surface area contributed by atoms with Crippen molar-refractivity contribution in [1.29, 1.82) is 5.26 Å². The molecule has 0 aliphatic rings. The van der Waals surface area contributed by atoms with E-state index in [9.17, 15) is 8.42 Å². The molecule has 102 valence electrons. The molecule has 0 radical (unpaired) electrons. The Morgan fingerprint density at radius 3 is 2.35 bits per heavy atom. The zero-order valence-corrected chi connectivity index (χ0v) is 12.3. The second-order valence-electron chi connectivity index (χ2n) is 3.84. The van der Waals surface area contributed by atoms with E-state index in [1.807, 2.05) is 6.07 Å². The van der Waals surface area contributed by atoms with Gasteiger partial charge in [0, 0.05) is 0 Å². The molecule has 0 aliphatic carbocycles. The molecule has 0 heterocycles. The van der Waals surface area contributed by atoms with Gasteiger partial charge < -0.3 is 0 Å². The fourth-order valence-corrected chi connectivity index (χ4v) is 3.40. The molecule has 0 saturated heterocycles. The average molecular weight is 327 g/mol. The fraction of sp³-hybridized carbons (Fsp3) is 0. The molecule has 0 bridgehead atoms. The SMILES string of the molecule is N#Cc1ccc(S(=O)(=O)Nc2ccccc2Cl)c(Cl)c1.